The second kappa shape index (κ2) is 4.05. The van der Waals surface area contributed by atoms with Gasteiger partial charge in [-0.1, -0.05) is 37.6 Å². The molecule has 2 heteroatoms. The number of nitrogens with two attached hydrogens (primary N) is 1. The summed E-state index contributed by atoms with van der Waals surface area (Å²) < 4.78 is 0. The molecule has 0 aliphatic heterocycles. The molecule has 0 bridgehead atoms. The molecule has 0 saturated heterocycles. The van der Waals surface area contributed by atoms with E-state index in [1.165, 1.54) is 24.0 Å². The number of halogens is 1. The van der Waals surface area contributed by atoms with Gasteiger partial charge in [-0.3, -0.25) is 0 Å². The van der Waals surface area contributed by atoms with Gasteiger partial charge in [0.1, 0.15) is 0 Å². The third-order valence-corrected chi connectivity index (χ3v) is 4.18. The van der Waals surface area contributed by atoms with Crippen LogP contribution < -0.4 is 5.73 Å². The van der Waals surface area contributed by atoms with E-state index in [2.05, 4.69) is 39.0 Å². The summed E-state index contributed by atoms with van der Waals surface area (Å²) in [5.41, 5.74) is 8.82. The highest BCUT2D eigenvalue weighted by Gasteiger charge is 2.47. The van der Waals surface area contributed by atoms with Gasteiger partial charge in [-0.05, 0) is 42.9 Å². The highest BCUT2D eigenvalue weighted by molar-refractivity contribution is 6.31. The summed E-state index contributed by atoms with van der Waals surface area (Å²) in [6.45, 7) is 6.43. The normalized spacial score (nSPS) is 19.9. The van der Waals surface area contributed by atoms with E-state index >= 15 is 0 Å². The van der Waals surface area contributed by atoms with E-state index in [4.69, 9.17) is 17.3 Å². The van der Waals surface area contributed by atoms with E-state index in [0.717, 1.165) is 5.02 Å². The van der Waals surface area contributed by atoms with E-state index in [1.807, 2.05) is 0 Å². The predicted octanol–water partition coefficient (Wildman–Crippen LogP) is 3.84. The Morgan fingerprint density at radius 1 is 1.25 bits per heavy atom. The Balaban J connectivity index is 2.35. The van der Waals surface area contributed by atoms with Crippen molar-refractivity contribution in [3.8, 4) is 0 Å². The molecule has 2 rings (SSSR count). The molecular formula is C14H20ClN. The van der Waals surface area contributed by atoms with Crippen LogP contribution in [0.1, 0.15) is 50.7 Å². The van der Waals surface area contributed by atoms with Crippen LogP contribution in [0.15, 0.2) is 18.2 Å². The van der Waals surface area contributed by atoms with Gasteiger partial charge in [0.15, 0.2) is 0 Å². The van der Waals surface area contributed by atoms with Gasteiger partial charge in [0, 0.05) is 16.5 Å². The van der Waals surface area contributed by atoms with Crippen molar-refractivity contribution < 1.29 is 0 Å². The van der Waals surface area contributed by atoms with Crippen molar-refractivity contribution in [2.24, 2.45) is 5.73 Å². The van der Waals surface area contributed by atoms with Crippen molar-refractivity contribution in [1.82, 2.24) is 0 Å². The zero-order valence-electron chi connectivity index (χ0n) is 10.3. The number of hydrogen-bond donors (Lipinski definition) is 1. The number of rotatable bonds is 3. The van der Waals surface area contributed by atoms with Crippen molar-refractivity contribution in [2.45, 2.75) is 51.0 Å². The topological polar surface area (TPSA) is 26.0 Å². The van der Waals surface area contributed by atoms with Crippen LogP contribution in [0.3, 0.4) is 0 Å². The molecule has 1 atom stereocenters. The van der Waals surface area contributed by atoms with Gasteiger partial charge in [0.25, 0.3) is 0 Å². The minimum atomic E-state index is 0.207. The molecule has 1 unspecified atom stereocenters. The Kier molecular flexibility index (Phi) is 3.02. The molecule has 0 spiro atoms. The van der Waals surface area contributed by atoms with Crippen LogP contribution >= 0.6 is 11.6 Å². The predicted molar refractivity (Wildman–Crippen MR) is 70.1 cm³/mol. The van der Waals surface area contributed by atoms with Crippen molar-refractivity contribution in [3.63, 3.8) is 0 Å². The number of benzene rings is 1. The molecule has 0 aromatic heterocycles. The monoisotopic (exact) mass is 237 g/mol. The summed E-state index contributed by atoms with van der Waals surface area (Å²) in [7, 11) is 0. The second-order valence-corrected chi connectivity index (χ2v) is 5.74. The van der Waals surface area contributed by atoms with Crippen LogP contribution in [-0.4, -0.2) is 6.04 Å². The van der Waals surface area contributed by atoms with Crippen molar-refractivity contribution in [3.05, 3.63) is 34.3 Å². The van der Waals surface area contributed by atoms with Gasteiger partial charge in [-0.25, -0.2) is 0 Å². The maximum atomic E-state index is 6.32. The fourth-order valence-electron chi connectivity index (χ4n) is 2.45. The largest absolute Gasteiger partial charge is 0.327 e. The molecule has 88 valence electrons. The van der Waals surface area contributed by atoms with Gasteiger partial charge >= 0.3 is 0 Å². The first-order valence-electron chi connectivity index (χ1n) is 6.03. The van der Waals surface area contributed by atoms with Crippen LogP contribution in [-0.2, 0) is 5.41 Å². The lowest BCUT2D eigenvalue weighted by molar-refractivity contribution is 0.556. The summed E-state index contributed by atoms with van der Waals surface area (Å²) in [5, 5.41) is 0.888. The molecule has 1 aromatic carbocycles. The Bertz CT molecular complexity index is 392. The highest BCUT2D eigenvalue weighted by Crippen LogP contribution is 2.51. The quantitative estimate of drug-likeness (QED) is 0.849. The molecule has 1 fully saturated rings. The smallest absolute Gasteiger partial charge is 0.0443 e. The molecular weight excluding hydrogens is 218 g/mol. The fourth-order valence-corrected chi connectivity index (χ4v) is 2.85. The molecule has 0 radical (unpaired) electrons. The van der Waals surface area contributed by atoms with Gasteiger partial charge in [0.05, 0.1) is 0 Å². The Hall–Kier alpha value is -0.530. The summed E-state index contributed by atoms with van der Waals surface area (Å²) in [6, 6.07) is 6.70. The van der Waals surface area contributed by atoms with Crippen LogP contribution in [0.4, 0.5) is 0 Å². The zero-order valence-corrected chi connectivity index (χ0v) is 11.0. The minimum Gasteiger partial charge on any atom is -0.327 e. The van der Waals surface area contributed by atoms with E-state index in [-0.39, 0.29) is 11.5 Å². The average Bonchev–Trinajstić information content (AvgIpc) is 2.97. The molecule has 1 aliphatic carbocycles. The number of hydrogen-bond acceptors (Lipinski definition) is 1. The fraction of sp³-hybridized carbons (Fsp3) is 0.571. The van der Waals surface area contributed by atoms with Crippen LogP contribution in [0.5, 0.6) is 0 Å². The molecule has 16 heavy (non-hydrogen) atoms. The zero-order chi connectivity index (χ0) is 11.9. The van der Waals surface area contributed by atoms with E-state index < -0.39 is 0 Å². The van der Waals surface area contributed by atoms with Crippen LogP contribution in [0.25, 0.3) is 0 Å². The molecule has 1 aromatic rings. The Morgan fingerprint density at radius 2 is 1.88 bits per heavy atom. The van der Waals surface area contributed by atoms with Crippen molar-refractivity contribution in [1.29, 1.82) is 0 Å². The van der Waals surface area contributed by atoms with Crippen LogP contribution in [0.2, 0.25) is 5.02 Å². The van der Waals surface area contributed by atoms with E-state index in [0.29, 0.717) is 5.92 Å². The van der Waals surface area contributed by atoms with Gasteiger partial charge < -0.3 is 5.73 Å². The SMILES string of the molecule is CC(C)c1ccc(C2(C(C)N)CC2)cc1Cl. The van der Waals surface area contributed by atoms with E-state index in [1.54, 1.807) is 0 Å². The highest BCUT2D eigenvalue weighted by atomic mass is 35.5. The lowest BCUT2D eigenvalue weighted by Crippen LogP contribution is -2.31. The maximum absolute atomic E-state index is 6.32. The van der Waals surface area contributed by atoms with Crippen molar-refractivity contribution >= 4 is 11.6 Å². The third kappa shape index (κ3) is 1.87. The summed E-state index contributed by atoms with van der Waals surface area (Å²) in [5.74, 6) is 0.479. The first kappa shape index (κ1) is 11.9. The maximum Gasteiger partial charge on any atom is 0.0443 e. The van der Waals surface area contributed by atoms with Gasteiger partial charge in [0.2, 0.25) is 0 Å². The Morgan fingerprint density at radius 3 is 2.25 bits per heavy atom. The second-order valence-electron chi connectivity index (χ2n) is 5.34. The summed E-state index contributed by atoms with van der Waals surface area (Å²) in [6.07, 6.45) is 2.39. The standard InChI is InChI=1S/C14H20ClN/c1-9(2)12-5-4-11(8-13(12)15)14(6-7-14)10(3)16/h4-5,8-10H,6-7,16H2,1-3H3. The third-order valence-electron chi connectivity index (χ3n) is 3.86. The Labute approximate surface area is 103 Å². The summed E-state index contributed by atoms with van der Waals surface area (Å²) in [4.78, 5) is 0. The molecule has 2 N–H and O–H groups in total. The van der Waals surface area contributed by atoms with E-state index in [9.17, 15) is 0 Å². The molecule has 0 heterocycles. The summed E-state index contributed by atoms with van der Waals surface area (Å²) >= 11 is 6.32. The first-order valence-corrected chi connectivity index (χ1v) is 6.40. The van der Waals surface area contributed by atoms with Crippen LogP contribution in [0, 0.1) is 0 Å². The molecule has 0 amide bonds. The minimum absolute atomic E-state index is 0.207. The molecule has 1 aliphatic rings. The van der Waals surface area contributed by atoms with Gasteiger partial charge in [-0.2, -0.15) is 0 Å². The molecule has 1 saturated carbocycles. The molecule has 1 nitrogen and oxygen atoms in total. The lowest BCUT2D eigenvalue weighted by Gasteiger charge is -2.21. The first-order chi connectivity index (χ1) is 7.47. The average molecular weight is 238 g/mol. The van der Waals surface area contributed by atoms with Crippen molar-refractivity contribution in [2.75, 3.05) is 0 Å². The van der Waals surface area contributed by atoms with Gasteiger partial charge in [-0.15, -0.1) is 0 Å². The lowest BCUT2D eigenvalue weighted by atomic mass is 9.88.